The maximum Gasteiger partial charge on any atom is 0.236 e. The molecule has 0 radical (unpaired) electrons. The minimum atomic E-state index is -1.42. The third-order valence-corrected chi connectivity index (χ3v) is 10.8. The smallest absolute Gasteiger partial charge is 0.236 e. The van der Waals surface area contributed by atoms with E-state index in [0.717, 1.165) is 58.4 Å². The third kappa shape index (κ3) is 8.67. The lowest BCUT2D eigenvalue weighted by molar-refractivity contribution is -0.149. The predicted molar refractivity (Wildman–Crippen MR) is 211 cm³/mol. The van der Waals surface area contributed by atoms with Crippen LogP contribution in [-0.4, -0.2) is 33.2 Å². The molecule has 51 heavy (non-hydrogen) atoms. The number of aliphatic hydroxyl groups is 2. The maximum atomic E-state index is 15.1. The van der Waals surface area contributed by atoms with Crippen LogP contribution in [0, 0.1) is 5.41 Å². The molecule has 4 aromatic rings. The van der Waals surface area contributed by atoms with Crippen molar-refractivity contribution >= 4 is 33.4 Å². The average molecular weight is 695 g/mol. The summed E-state index contributed by atoms with van der Waals surface area (Å²) in [6.07, 6.45) is 6.85. The standard InChI is InChI=1S/C45H62N2O4/c1-7-27-43(28-8-2,41(48)46-39(44(50,29-9-3)30-10-4)37-25-17-21-33-19-13-15-23-35(33)37)42(49)47-40(45(51,31-11-5)32-12-6)38-26-18-22-34-20-14-16-24-36(34)38/h13-26,39-40,50-51H,7-12,27-32H2,1-6H3,(H,46,48)(H,47,49)/t39-,40-/m0/s1. The summed E-state index contributed by atoms with van der Waals surface area (Å²) in [6, 6.07) is 26.7. The number of nitrogens with one attached hydrogen (secondary N) is 2. The van der Waals surface area contributed by atoms with E-state index in [9.17, 15) is 10.2 Å². The quantitative estimate of drug-likeness (QED) is 0.0692. The van der Waals surface area contributed by atoms with E-state index in [0.29, 0.717) is 51.4 Å². The maximum absolute atomic E-state index is 15.1. The van der Waals surface area contributed by atoms with Gasteiger partial charge in [0.05, 0.1) is 23.3 Å². The molecule has 0 bridgehead atoms. The van der Waals surface area contributed by atoms with Crippen LogP contribution in [0.15, 0.2) is 84.9 Å². The van der Waals surface area contributed by atoms with Crippen LogP contribution in [-0.2, 0) is 9.59 Å². The van der Waals surface area contributed by atoms with Gasteiger partial charge in [-0.3, -0.25) is 9.59 Å². The second kappa shape index (κ2) is 18.1. The van der Waals surface area contributed by atoms with Gasteiger partial charge in [-0.2, -0.15) is 0 Å². The molecule has 4 aromatic carbocycles. The lowest BCUT2D eigenvalue weighted by Crippen LogP contribution is -2.57. The van der Waals surface area contributed by atoms with Crippen molar-refractivity contribution in [2.24, 2.45) is 5.41 Å². The van der Waals surface area contributed by atoms with Crippen LogP contribution in [0.5, 0.6) is 0 Å². The number of hydrogen-bond acceptors (Lipinski definition) is 4. The highest BCUT2D eigenvalue weighted by Gasteiger charge is 2.50. The predicted octanol–water partition coefficient (Wildman–Crippen LogP) is 10.3. The Morgan fingerprint density at radius 2 is 0.804 bits per heavy atom. The molecule has 6 heteroatoms. The van der Waals surface area contributed by atoms with Crippen molar-refractivity contribution in [3.63, 3.8) is 0 Å². The molecule has 0 heterocycles. The monoisotopic (exact) mass is 694 g/mol. The molecule has 0 unspecified atom stereocenters. The van der Waals surface area contributed by atoms with E-state index >= 15 is 9.59 Å². The molecule has 0 aromatic heterocycles. The fraction of sp³-hybridized carbons (Fsp3) is 0.511. The molecular formula is C45H62N2O4. The Bertz CT molecular complexity index is 1580. The molecule has 0 aliphatic carbocycles. The molecule has 2 atom stereocenters. The zero-order valence-corrected chi connectivity index (χ0v) is 31.9. The Labute approximate surface area is 306 Å². The molecule has 4 N–H and O–H groups in total. The van der Waals surface area contributed by atoms with E-state index in [2.05, 4.69) is 38.3 Å². The molecule has 0 aliphatic rings. The number of hydrogen-bond donors (Lipinski definition) is 4. The first-order chi connectivity index (χ1) is 24.6. The number of amides is 2. The number of carbonyl (C=O) groups is 2. The zero-order chi connectivity index (χ0) is 37.1. The summed E-state index contributed by atoms with van der Waals surface area (Å²) in [5, 5.41) is 35.6. The second-order valence-electron chi connectivity index (χ2n) is 14.7. The first kappa shape index (κ1) is 40.0. The first-order valence-electron chi connectivity index (χ1n) is 19.6. The lowest BCUT2D eigenvalue weighted by atomic mass is 9.74. The van der Waals surface area contributed by atoms with Crippen LogP contribution in [0.3, 0.4) is 0 Å². The summed E-state index contributed by atoms with van der Waals surface area (Å²) >= 11 is 0. The summed E-state index contributed by atoms with van der Waals surface area (Å²) < 4.78 is 0. The van der Waals surface area contributed by atoms with Gasteiger partial charge >= 0.3 is 0 Å². The third-order valence-electron chi connectivity index (χ3n) is 10.8. The number of fused-ring (bicyclic) bond motifs is 2. The molecule has 276 valence electrons. The molecule has 0 saturated carbocycles. The van der Waals surface area contributed by atoms with E-state index < -0.39 is 28.7 Å². The van der Waals surface area contributed by atoms with Gasteiger partial charge in [0.15, 0.2) is 0 Å². The van der Waals surface area contributed by atoms with Crippen LogP contribution >= 0.6 is 0 Å². The van der Waals surface area contributed by atoms with E-state index in [4.69, 9.17) is 0 Å². The van der Waals surface area contributed by atoms with E-state index in [1.807, 2.05) is 98.8 Å². The summed E-state index contributed by atoms with van der Waals surface area (Å²) in [6.45, 7) is 12.2. The molecule has 0 fully saturated rings. The largest absolute Gasteiger partial charge is 0.387 e. The van der Waals surface area contributed by atoms with Crippen molar-refractivity contribution < 1.29 is 19.8 Å². The summed E-state index contributed by atoms with van der Waals surface area (Å²) in [7, 11) is 0. The number of carbonyl (C=O) groups excluding carboxylic acids is 2. The lowest BCUT2D eigenvalue weighted by Gasteiger charge is -2.42. The zero-order valence-electron chi connectivity index (χ0n) is 31.9. The Balaban J connectivity index is 1.88. The van der Waals surface area contributed by atoms with Crippen LogP contribution in [0.1, 0.15) is 142 Å². The van der Waals surface area contributed by atoms with Crippen molar-refractivity contribution in [3.8, 4) is 0 Å². The van der Waals surface area contributed by atoms with E-state index in [-0.39, 0.29) is 11.8 Å². The minimum absolute atomic E-state index is 0.336. The molecule has 0 aliphatic heterocycles. The average Bonchev–Trinajstić information content (AvgIpc) is 3.12. The Morgan fingerprint density at radius 1 is 0.490 bits per heavy atom. The Kier molecular flexibility index (Phi) is 14.2. The highest BCUT2D eigenvalue weighted by Crippen LogP contribution is 2.42. The van der Waals surface area contributed by atoms with Crippen molar-refractivity contribution in [2.45, 2.75) is 142 Å². The van der Waals surface area contributed by atoms with Crippen molar-refractivity contribution in [2.75, 3.05) is 0 Å². The van der Waals surface area contributed by atoms with Crippen LogP contribution in [0.25, 0.3) is 21.5 Å². The molecular weight excluding hydrogens is 633 g/mol. The van der Waals surface area contributed by atoms with Crippen LogP contribution in [0.4, 0.5) is 0 Å². The Hall–Kier alpha value is -3.74. The minimum Gasteiger partial charge on any atom is -0.387 e. The number of rotatable bonds is 20. The highest BCUT2D eigenvalue weighted by molar-refractivity contribution is 6.05. The van der Waals surface area contributed by atoms with Gasteiger partial charge in [-0.25, -0.2) is 0 Å². The Morgan fingerprint density at radius 3 is 1.14 bits per heavy atom. The fourth-order valence-electron chi connectivity index (χ4n) is 8.64. The molecule has 4 rings (SSSR count). The van der Waals surface area contributed by atoms with Gasteiger partial charge in [0.2, 0.25) is 11.8 Å². The molecule has 0 spiro atoms. The normalized spacial score (nSPS) is 13.6. The number of benzene rings is 4. The van der Waals surface area contributed by atoms with E-state index in [1.165, 1.54) is 0 Å². The fourth-order valence-corrected chi connectivity index (χ4v) is 8.64. The van der Waals surface area contributed by atoms with Gasteiger partial charge < -0.3 is 20.8 Å². The summed E-state index contributed by atoms with van der Waals surface area (Å²) in [4.78, 5) is 30.3. The highest BCUT2D eigenvalue weighted by atomic mass is 16.3. The molecule has 0 saturated heterocycles. The van der Waals surface area contributed by atoms with Gasteiger partial charge in [-0.05, 0) is 71.2 Å². The van der Waals surface area contributed by atoms with Crippen LogP contribution in [0.2, 0.25) is 0 Å². The van der Waals surface area contributed by atoms with Crippen molar-refractivity contribution in [1.82, 2.24) is 10.6 Å². The van der Waals surface area contributed by atoms with Crippen molar-refractivity contribution in [1.29, 1.82) is 0 Å². The van der Waals surface area contributed by atoms with E-state index in [1.54, 1.807) is 0 Å². The van der Waals surface area contributed by atoms with Gasteiger partial charge in [0.1, 0.15) is 5.41 Å². The van der Waals surface area contributed by atoms with Gasteiger partial charge in [0, 0.05) is 0 Å². The second-order valence-corrected chi connectivity index (χ2v) is 14.7. The summed E-state index contributed by atoms with van der Waals surface area (Å²) in [5.41, 5.74) is -2.17. The molecule has 6 nitrogen and oxygen atoms in total. The molecule has 2 amide bonds. The SMILES string of the molecule is CCCC(CCC)(C(=O)N[C@@H](c1cccc2ccccc12)C(O)(CCC)CCC)C(=O)N[C@@H](c1cccc2ccccc12)C(O)(CCC)CCC. The first-order valence-corrected chi connectivity index (χ1v) is 19.6. The van der Waals surface area contributed by atoms with Gasteiger partial charge in [-0.15, -0.1) is 0 Å². The summed E-state index contributed by atoms with van der Waals surface area (Å²) in [5.74, 6) is -0.753. The topological polar surface area (TPSA) is 98.7 Å². The van der Waals surface area contributed by atoms with Gasteiger partial charge in [-0.1, -0.05) is 165 Å². The van der Waals surface area contributed by atoms with Gasteiger partial charge in [0.25, 0.3) is 0 Å². The van der Waals surface area contributed by atoms with Crippen LogP contribution < -0.4 is 10.6 Å². The van der Waals surface area contributed by atoms with Crippen molar-refractivity contribution in [3.05, 3.63) is 96.1 Å².